The van der Waals surface area contributed by atoms with Gasteiger partial charge >= 0.3 is 0 Å². The van der Waals surface area contributed by atoms with Gasteiger partial charge in [-0.05, 0) is 69.2 Å². The zero-order valence-electron chi connectivity index (χ0n) is 15.0. The molecule has 134 valence electrons. The average molecular weight is 360 g/mol. The van der Waals surface area contributed by atoms with Gasteiger partial charge in [0.1, 0.15) is 0 Å². The summed E-state index contributed by atoms with van der Waals surface area (Å²) in [5.41, 5.74) is 2.54. The van der Waals surface area contributed by atoms with E-state index in [0.717, 1.165) is 5.56 Å². The molecule has 6 heteroatoms. The molecule has 2 aromatic rings. The highest BCUT2D eigenvalue weighted by atomic mass is 32.2. The fourth-order valence-electron chi connectivity index (χ4n) is 2.58. The van der Waals surface area contributed by atoms with Crippen molar-refractivity contribution in [2.24, 2.45) is 0 Å². The first-order chi connectivity index (χ1) is 11.8. The first-order valence-electron chi connectivity index (χ1n) is 8.28. The molecular weight excluding hydrogens is 336 g/mol. The van der Waals surface area contributed by atoms with Gasteiger partial charge in [0.25, 0.3) is 15.9 Å². The minimum absolute atomic E-state index is 0.0612. The number of carbonyl (C=O) groups excluding carboxylic acids is 1. The van der Waals surface area contributed by atoms with Gasteiger partial charge in [0, 0.05) is 24.3 Å². The number of nitrogens with one attached hydrogen (secondary N) is 1. The summed E-state index contributed by atoms with van der Waals surface area (Å²) in [5.74, 6) is -0.0612. The maximum Gasteiger partial charge on any atom is 0.262 e. The lowest BCUT2D eigenvalue weighted by Crippen LogP contribution is -2.30. The molecule has 0 fully saturated rings. The van der Waals surface area contributed by atoms with E-state index in [2.05, 4.69) is 4.72 Å². The van der Waals surface area contributed by atoms with E-state index in [1.165, 1.54) is 0 Å². The summed E-state index contributed by atoms with van der Waals surface area (Å²) in [7, 11) is -3.67. The van der Waals surface area contributed by atoms with Crippen LogP contribution in [0.2, 0.25) is 0 Å². The summed E-state index contributed by atoms with van der Waals surface area (Å²) >= 11 is 0. The molecule has 25 heavy (non-hydrogen) atoms. The monoisotopic (exact) mass is 360 g/mol. The molecule has 0 radical (unpaired) electrons. The SMILES string of the molecule is CCN(CC)C(=O)c1ccc(NS(=O)(=O)c2cc(C)ccc2C)cc1. The molecule has 0 spiro atoms. The van der Waals surface area contributed by atoms with E-state index in [4.69, 9.17) is 0 Å². The molecule has 0 unspecified atom stereocenters. The molecule has 0 aromatic heterocycles. The number of nitrogens with zero attached hydrogens (tertiary/aromatic N) is 1. The summed E-state index contributed by atoms with van der Waals surface area (Å²) in [6.07, 6.45) is 0. The largest absolute Gasteiger partial charge is 0.339 e. The quantitative estimate of drug-likeness (QED) is 0.856. The van der Waals surface area contributed by atoms with Gasteiger partial charge < -0.3 is 4.90 Å². The third-order valence-electron chi connectivity index (χ3n) is 4.07. The van der Waals surface area contributed by atoms with Crippen molar-refractivity contribution in [3.8, 4) is 0 Å². The Kier molecular flexibility index (Phi) is 5.85. The number of rotatable bonds is 6. The molecule has 0 aliphatic rings. The molecule has 5 nitrogen and oxygen atoms in total. The van der Waals surface area contributed by atoms with Crippen LogP contribution in [0.1, 0.15) is 35.3 Å². The van der Waals surface area contributed by atoms with Crippen LogP contribution in [0, 0.1) is 13.8 Å². The lowest BCUT2D eigenvalue weighted by Gasteiger charge is -2.18. The molecule has 1 amide bonds. The average Bonchev–Trinajstić information content (AvgIpc) is 2.58. The van der Waals surface area contributed by atoms with E-state index in [-0.39, 0.29) is 10.8 Å². The van der Waals surface area contributed by atoms with Gasteiger partial charge in [-0.3, -0.25) is 9.52 Å². The second-order valence-electron chi connectivity index (χ2n) is 5.93. The van der Waals surface area contributed by atoms with E-state index < -0.39 is 10.0 Å². The highest BCUT2D eigenvalue weighted by molar-refractivity contribution is 7.92. The maximum absolute atomic E-state index is 12.6. The number of aryl methyl sites for hydroxylation is 2. The Labute approximate surface area is 149 Å². The van der Waals surface area contributed by atoms with Crippen LogP contribution in [0.4, 0.5) is 5.69 Å². The summed E-state index contributed by atoms with van der Waals surface area (Å²) in [4.78, 5) is 14.3. The van der Waals surface area contributed by atoms with Crippen LogP contribution in [0.25, 0.3) is 0 Å². The van der Waals surface area contributed by atoms with Crippen LogP contribution < -0.4 is 4.72 Å². The molecule has 2 rings (SSSR count). The van der Waals surface area contributed by atoms with Crippen LogP contribution in [0.5, 0.6) is 0 Å². The Morgan fingerprint density at radius 1 is 1.00 bits per heavy atom. The fourth-order valence-corrected chi connectivity index (χ4v) is 3.97. The van der Waals surface area contributed by atoms with Crippen molar-refractivity contribution in [3.05, 3.63) is 59.2 Å². The van der Waals surface area contributed by atoms with E-state index in [1.807, 2.05) is 26.8 Å². The molecule has 0 saturated heterocycles. The molecule has 0 atom stereocenters. The number of hydrogen-bond acceptors (Lipinski definition) is 3. The summed E-state index contributed by atoms with van der Waals surface area (Å²) in [5, 5.41) is 0. The standard InChI is InChI=1S/C19H24N2O3S/c1-5-21(6-2)19(22)16-9-11-17(12-10-16)20-25(23,24)18-13-14(3)7-8-15(18)4/h7-13,20H,5-6H2,1-4H3. The first-order valence-corrected chi connectivity index (χ1v) is 9.76. The van der Waals surface area contributed by atoms with Crippen molar-refractivity contribution in [2.75, 3.05) is 17.8 Å². The van der Waals surface area contributed by atoms with Crippen LogP contribution in [-0.4, -0.2) is 32.3 Å². The third-order valence-corrected chi connectivity index (χ3v) is 5.59. The van der Waals surface area contributed by atoms with Gasteiger partial charge in [-0.2, -0.15) is 0 Å². The second-order valence-corrected chi connectivity index (χ2v) is 7.58. The number of sulfonamides is 1. The summed E-state index contributed by atoms with van der Waals surface area (Å²) < 4.78 is 27.8. The Bertz CT molecular complexity index is 855. The molecular formula is C19H24N2O3S. The highest BCUT2D eigenvalue weighted by Crippen LogP contribution is 2.21. The lowest BCUT2D eigenvalue weighted by molar-refractivity contribution is 0.0773. The number of anilines is 1. The number of carbonyl (C=O) groups is 1. The van der Waals surface area contributed by atoms with Crippen LogP contribution in [0.3, 0.4) is 0 Å². The Balaban J connectivity index is 2.23. The van der Waals surface area contributed by atoms with Crippen LogP contribution in [0.15, 0.2) is 47.4 Å². The molecule has 0 bridgehead atoms. The van der Waals surface area contributed by atoms with Crippen molar-refractivity contribution in [1.29, 1.82) is 0 Å². The molecule has 0 aliphatic carbocycles. The number of benzene rings is 2. The van der Waals surface area contributed by atoms with Gasteiger partial charge in [-0.25, -0.2) is 8.42 Å². The van der Waals surface area contributed by atoms with Crippen molar-refractivity contribution < 1.29 is 13.2 Å². The minimum atomic E-state index is -3.67. The molecule has 0 aliphatic heterocycles. The van der Waals surface area contributed by atoms with Crippen LogP contribution >= 0.6 is 0 Å². The van der Waals surface area contributed by atoms with Crippen molar-refractivity contribution in [2.45, 2.75) is 32.6 Å². The van der Waals surface area contributed by atoms with Crippen molar-refractivity contribution in [1.82, 2.24) is 4.90 Å². The maximum atomic E-state index is 12.6. The highest BCUT2D eigenvalue weighted by Gasteiger charge is 2.18. The van der Waals surface area contributed by atoms with Gasteiger partial charge in [-0.15, -0.1) is 0 Å². The normalized spacial score (nSPS) is 11.2. The molecule has 0 saturated carbocycles. The first kappa shape index (κ1) is 19.0. The molecule has 2 aromatic carbocycles. The second kappa shape index (κ2) is 7.70. The number of amides is 1. The van der Waals surface area contributed by atoms with Gasteiger partial charge in [0.2, 0.25) is 0 Å². The van der Waals surface area contributed by atoms with E-state index in [1.54, 1.807) is 48.2 Å². The lowest BCUT2D eigenvalue weighted by atomic mass is 10.2. The predicted octanol–water partition coefficient (Wildman–Crippen LogP) is 3.59. The zero-order valence-corrected chi connectivity index (χ0v) is 15.9. The predicted molar refractivity (Wildman–Crippen MR) is 100 cm³/mol. The van der Waals surface area contributed by atoms with E-state index >= 15 is 0 Å². The smallest absolute Gasteiger partial charge is 0.262 e. The summed E-state index contributed by atoms with van der Waals surface area (Å²) in [6, 6.07) is 11.8. The molecule has 0 heterocycles. The van der Waals surface area contributed by atoms with Crippen molar-refractivity contribution in [3.63, 3.8) is 0 Å². The van der Waals surface area contributed by atoms with Crippen LogP contribution in [-0.2, 0) is 10.0 Å². The third kappa shape index (κ3) is 4.39. The zero-order chi connectivity index (χ0) is 18.6. The Hall–Kier alpha value is -2.34. The van der Waals surface area contributed by atoms with Gasteiger partial charge in [-0.1, -0.05) is 12.1 Å². The van der Waals surface area contributed by atoms with Gasteiger partial charge in [0.15, 0.2) is 0 Å². The Morgan fingerprint density at radius 2 is 1.60 bits per heavy atom. The number of hydrogen-bond donors (Lipinski definition) is 1. The van der Waals surface area contributed by atoms with E-state index in [0.29, 0.717) is 29.9 Å². The van der Waals surface area contributed by atoms with Gasteiger partial charge in [0.05, 0.1) is 4.90 Å². The fraction of sp³-hybridized carbons (Fsp3) is 0.316. The van der Waals surface area contributed by atoms with Crippen molar-refractivity contribution >= 4 is 21.6 Å². The summed E-state index contributed by atoms with van der Waals surface area (Å²) in [6.45, 7) is 8.74. The molecule has 1 N–H and O–H groups in total. The van der Waals surface area contributed by atoms with E-state index in [9.17, 15) is 13.2 Å². The topological polar surface area (TPSA) is 66.5 Å². The Morgan fingerprint density at radius 3 is 2.16 bits per heavy atom. The minimum Gasteiger partial charge on any atom is -0.339 e.